The average molecular weight is 331 g/mol. The van der Waals surface area contributed by atoms with E-state index in [0.717, 1.165) is 25.0 Å². The van der Waals surface area contributed by atoms with Crippen molar-refractivity contribution in [1.29, 1.82) is 0 Å². The van der Waals surface area contributed by atoms with Crippen molar-refractivity contribution in [1.82, 2.24) is 5.32 Å². The molecule has 0 aromatic heterocycles. The highest BCUT2D eigenvalue weighted by atomic mass is 35.5. The van der Waals surface area contributed by atoms with Crippen LogP contribution in [0.2, 0.25) is 5.02 Å². The summed E-state index contributed by atoms with van der Waals surface area (Å²) >= 11 is 6.06. The molecule has 1 aromatic rings. The first-order valence-electron chi connectivity index (χ1n) is 6.79. The first-order valence-corrected chi connectivity index (χ1v) is 8.90. The number of hydrogen-bond donors (Lipinski definition) is 2. The topological polar surface area (TPSA) is 67.4 Å². The molecule has 0 radical (unpaired) electrons. The largest absolute Gasteiger partial charge is 0.376 e. The standard InChI is InChI=1S/C14H19ClN2O3S/c1-21(19)9-10-4-5-12(15)13(7-10)17-14(18)16-8-11-3-2-6-20-11/h4-5,7,11H,2-3,6,8-9H2,1H3,(H2,16,17,18)/t11-,21+/m1/s1. The van der Waals surface area contributed by atoms with Gasteiger partial charge in [0.2, 0.25) is 0 Å². The molecule has 116 valence electrons. The Hall–Kier alpha value is -1.11. The maximum atomic E-state index is 11.9. The highest BCUT2D eigenvalue weighted by Gasteiger charge is 2.16. The van der Waals surface area contributed by atoms with E-state index in [-0.39, 0.29) is 12.1 Å². The fraction of sp³-hybridized carbons (Fsp3) is 0.500. The lowest BCUT2D eigenvalue weighted by atomic mass is 10.2. The van der Waals surface area contributed by atoms with Gasteiger partial charge in [-0.2, -0.15) is 0 Å². The van der Waals surface area contributed by atoms with E-state index in [0.29, 0.717) is 23.0 Å². The van der Waals surface area contributed by atoms with Gasteiger partial charge in [0.15, 0.2) is 0 Å². The molecule has 2 rings (SSSR count). The van der Waals surface area contributed by atoms with Crippen LogP contribution in [0.25, 0.3) is 0 Å². The minimum atomic E-state index is -0.937. The predicted octanol–water partition coefficient (Wildman–Crippen LogP) is 2.52. The SMILES string of the molecule is C[S@](=O)Cc1ccc(Cl)c(NC(=O)NC[C@H]2CCCO2)c1. The average Bonchev–Trinajstić information content (AvgIpc) is 2.93. The van der Waals surface area contributed by atoms with E-state index in [2.05, 4.69) is 10.6 Å². The molecule has 1 heterocycles. The van der Waals surface area contributed by atoms with Crippen LogP contribution in [0.1, 0.15) is 18.4 Å². The number of ether oxygens (including phenoxy) is 1. The van der Waals surface area contributed by atoms with Gasteiger partial charge in [-0.15, -0.1) is 0 Å². The van der Waals surface area contributed by atoms with Crippen LogP contribution in [0, 0.1) is 0 Å². The minimum absolute atomic E-state index is 0.0973. The van der Waals surface area contributed by atoms with Crippen molar-refractivity contribution >= 4 is 34.1 Å². The number of urea groups is 1. The predicted molar refractivity (Wildman–Crippen MR) is 85.2 cm³/mol. The molecule has 1 fully saturated rings. The molecule has 1 aliphatic heterocycles. The molecule has 0 saturated carbocycles. The van der Waals surface area contributed by atoms with E-state index in [1.54, 1.807) is 24.5 Å². The Morgan fingerprint density at radius 2 is 2.33 bits per heavy atom. The van der Waals surface area contributed by atoms with Gasteiger partial charge in [-0.05, 0) is 30.5 Å². The summed E-state index contributed by atoms with van der Waals surface area (Å²) in [6, 6.07) is 4.93. The van der Waals surface area contributed by atoms with E-state index in [4.69, 9.17) is 16.3 Å². The minimum Gasteiger partial charge on any atom is -0.376 e. The van der Waals surface area contributed by atoms with Crippen molar-refractivity contribution in [3.63, 3.8) is 0 Å². The van der Waals surface area contributed by atoms with Gasteiger partial charge in [0.1, 0.15) is 0 Å². The van der Waals surface area contributed by atoms with Crippen LogP contribution in [-0.4, -0.2) is 35.8 Å². The molecule has 21 heavy (non-hydrogen) atoms. The van der Waals surface area contributed by atoms with Crippen molar-refractivity contribution in [2.45, 2.75) is 24.7 Å². The third-order valence-electron chi connectivity index (χ3n) is 3.16. The number of rotatable bonds is 5. The Kier molecular flexibility index (Phi) is 6.02. The number of carbonyl (C=O) groups excluding carboxylic acids is 1. The molecule has 1 aromatic carbocycles. The van der Waals surface area contributed by atoms with Crippen molar-refractivity contribution in [3.05, 3.63) is 28.8 Å². The molecular weight excluding hydrogens is 312 g/mol. The van der Waals surface area contributed by atoms with Crippen molar-refractivity contribution < 1.29 is 13.7 Å². The number of anilines is 1. The first kappa shape index (κ1) is 16.3. The van der Waals surface area contributed by atoms with E-state index in [9.17, 15) is 9.00 Å². The van der Waals surface area contributed by atoms with Crippen LogP contribution in [0.5, 0.6) is 0 Å². The number of halogens is 1. The Morgan fingerprint density at radius 1 is 1.52 bits per heavy atom. The Balaban J connectivity index is 1.90. The first-order chi connectivity index (χ1) is 10.0. The number of nitrogens with one attached hydrogen (secondary N) is 2. The molecule has 5 nitrogen and oxygen atoms in total. The van der Waals surface area contributed by atoms with Gasteiger partial charge in [0.05, 0.1) is 16.8 Å². The normalized spacial score (nSPS) is 19.2. The lowest BCUT2D eigenvalue weighted by molar-refractivity contribution is 0.112. The zero-order chi connectivity index (χ0) is 15.2. The molecule has 0 spiro atoms. The summed E-state index contributed by atoms with van der Waals surface area (Å²) in [5, 5.41) is 5.93. The van der Waals surface area contributed by atoms with Crippen molar-refractivity contribution in [2.24, 2.45) is 0 Å². The van der Waals surface area contributed by atoms with Crippen LogP contribution >= 0.6 is 11.6 Å². The Labute approximate surface area is 131 Å². The fourth-order valence-corrected chi connectivity index (χ4v) is 2.98. The molecule has 1 aliphatic rings. The van der Waals surface area contributed by atoms with Crippen LogP contribution in [0.3, 0.4) is 0 Å². The lowest BCUT2D eigenvalue weighted by Gasteiger charge is -2.13. The maximum Gasteiger partial charge on any atom is 0.319 e. The van der Waals surface area contributed by atoms with Gasteiger partial charge in [0, 0.05) is 36.0 Å². The second-order valence-electron chi connectivity index (χ2n) is 5.00. The third kappa shape index (κ3) is 5.30. The molecule has 2 amide bonds. The Bertz CT molecular complexity index is 533. The van der Waals surface area contributed by atoms with E-state index in [1.807, 2.05) is 0 Å². The summed E-state index contributed by atoms with van der Waals surface area (Å²) in [6.07, 6.45) is 3.74. The van der Waals surface area contributed by atoms with E-state index < -0.39 is 10.8 Å². The zero-order valence-electron chi connectivity index (χ0n) is 11.9. The van der Waals surface area contributed by atoms with Crippen molar-refractivity contribution in [3.8, 4) is 0 Å². The van der Waals surface area contributed by atoms with Crippen molar-refractivity contribution in [2.75, 3.05) is 24.7 Å². The number of amides is 2. The molecule has 1 saturated heterocycles. The highest BCUT2D eigenvalue weighted by Crippen LogP contribution is 2.23. The smallest absolute Gasteiger partial charge is 0.319 e. The van der Waals surface area contributed by atoms with E-state index in [1.165, 1.54) is 0 Å². The molecule has 0 aliphatic carbocycles. The summed E-state index contributed by atoms with van der Waals surface area (Å²) in [5.74, 6) is 0.434. The number of benzene rings is 1. The molecule has 0 unspecified atom stereocenters. The third-order valence-corrected chi connectivity index (χ3v) is 4.23. The monoisotopic (exact) mass is 330 g/mol. The quantitative estimate of drug-likeness (QED) is 0.871. The highest BCUT2D eigenvalue weighted by molar-refractivity contribution is 7.83. The van der Waals surface area contributed by atoms with E-state index >= 15 is 0 Å². The number of hydrogen-bond acceptors (Lipinski definition) is 3. The van der Waals surface area contributed by atoms with Crippen LogP contribution in [0.15, 0.2) is 18.2 Å². The van der Waals surface area contributed by atoms with Gasteiger partial charge >= 0.3 is 6.03 Å². The lowest BCUT2D eigenvalue weighted by Crippen LogP contribution is -2.35. The molecule has 7 heteroatoms. The van der Waals surface area contributed by atoms with Gasteiger partial charge in [-0.1, -0.05) is 17.7 Å². The van der Waals surface area contributed by atoms with Gasteiger partial charge in [0.25, 0.3) is 0 Å². The zero-order valence-corrected chi connectivity index (χ0v) is 13.4. The second-order valence-corrected chi connectivity index (χ2v) is 6.84. The van der Waals surface area contributed by atoms with Crippen LogP contribution in [-0.2, 0) is 21.3 Å². The van der Waals surface area contributed by atoms with Gasteiger partial charge in [-0.25, -0.2) is 4.79 Å². The fourth-order valence-electron chi connectivity index (χ4n) is 2.17. The summed E-state index contributed by atoms with van der Waals surface area (Å²) in [6.45, 7) is 1.25. The Morgan fingerprint density at radius 3 is 3.00 bits per heavy atom. The summed E-state index contributed by atoms with van der Waals surface area (Å²) in [4.78, 5) is 11.9. The maximum absolute atomic E-state index is 11.9. The van der Waals surface area contributed by atoms with Gasteiger partial charge < -0.3 is 15.4 Å². The summed E-state index contributed by atoms with van der Waals surface area (Å²) < 4.78 is 16.7. The second kappa shape index (κ2) is 7.77. The number of carbonyl (C=O) groups is 1. The molecular formula is C14H19ClN2O3S. The molecule has 2 N–H and O–H groups in total. The van der Waals surface area contributed by atoms with Crippen LogP contribution < -0.4 is 10.6 Å². The summed E-state index contributed by atoms with van der Waals surface area (Å²) in [5.41, 5.74) is 1.39. The molecule has 0 bridgehead atoms. The molecule has 2 atom stereocenters. The van der Waals surface area contributed by atoms with Gasteiger partial charge in [-0.3, -0.25) is 4.21 Å². The summed E-state index contributed by atoms with van der Waals surface area (Å²) in [7, 11) is -0.937. The van der Waals surface area contributed by atoms with Crippen LogP contribution in [0.4, 0.5) is 10.5 Å².